The molecule has 0 aliphatic carbocycles. The van der Waals surface area contributed by atoms with Crippen LogP contribution in [0.2, 0.25) is 0 Å². The van der Waals surface area contributed by atoms with Crippen molar-refractivity contribution in [2.24, 2.45) is 0 Å². The van der Waals surface area contributed by atoms with Gasteiger partial charge in [-0.25, -0.2) is 4.39 Å². The smallest absolute Gasteiger partial charge is 0.201 e. The number of halogens is 1. The Morgan fingerprint density at radius 3 is 2.37 bits per heavy atom. The summed E-state index contributed by atoms with van der Waals surface area (Å²) >= 11 is 0. The molecule has 0 amide bonds. The minimum atomic E-state index is -1.82. The van der Waals surface area contributed by atoms with E-state index >= 15 is 0 Å². The second-order valence-electron chi connectivity index (χ2n) is 4.34. The van der Waals surface area contributed by atoms with Crippen molar-refractivity contribution in [2.45, 2.75) is 13.1 Å². The average Bonchev–Trinajstić information content (AvgIpc) is 2.46. The molecule has 96 valence electrons. The Morgan fingerprint density at radius 2 is 1.74 bits per heavy atom. The molecule has 2 nitrogen and oxygen atoms in total. The Morgan fingerprint density at radius 1 is 1.11 bits per heavy atom. The number of aryl methyl sites for hydroxylation is 1. The van der Waals surface area contributed by atoms with Gasteiger partial charge in [0, 0.05) is 16.7 Å². The highest BCUT2D eigenvalue weighted by molar-refractivity contribution is 6.01. The Hall–Kier alpha value is -2.29. The average molecular weight is 256 g/mol. The first-order valence-electron chi connectivity index (χ1n) is 5.92. The van der Waals surface area contributed by atoms with Gasteiger partial charge in [0.2, 0.25) is 5.78 Å². The fourth-order valence-corrected chi connectivity index (χ4v) is 1.85. The van der Waals surface area contributed by atoms with Crippen LogP contribution >= 0.6 is 0 Å². The molecule has 19 heavy (non-hydrogen) atoms. The number of alkyl halides is 1. The van der Waals surface area contributed by atoms with Crippen molar-refractivity contribution < 1.29 is 14.0 Å². The third-order valence-electron chi connectivity index (χ3n) is 2.96. The van der Waals surface area contributed by atoms with Gasteiger partial charge in [-0.05, 0) is 6.92 Å². The summed E-state index contributed by atoms with van der Waals surface area (Å²) in [6, 6.07) is 12.9. The molecule has 2 aromatic carbocycles. The lowest BCUT2D eigenvalue weighted by atomic mass is 9.97. The molecule has 0 saturated carbocycles. The molecule has 2 rings (SSSR count). The van der Waals surface area contributed by atoms with Crippen molar-refractivity contribution in [3.05, 3.63) is 70.8 Å². The summed E-state index contributed by atoms with van der Waals surface area (Å²) < 4.78 is 14.3. The molecule has 0 N–H and O–H groups in total. The van der Waals surface area contributed by atoms with Gasteiger partial charge < -0.3 is 0 Å². The van der Waals surface area contributed by atoms with E-state index in [4.69, 9.17) is 0 Å². The maximum absolute atomic E-state index is 14.3. The number of rotatable bonds is 4. The number of aldehydes is 1. The van der Waals surface area contributed by atoms with E-state index in [1.807, 2.05) is 6.92 Å². The molecule has 0 bridgehead atoms. The molecular formula is C16H13FO2. The normalized spacial score (nSPS) is 11.9. The number of ketones is 1. The summed E-state index contributed by atoms with van der Waals surface area (Å²) in [7, 11) is 0. The van der Waals surface area contributed by atoms with Gasteiger partial charge >= 0.3 is 0 Å². The van der Waals surface area contributed by atoms with E-state index in [1.54, 1.807) is 36.4 Å². The maximum atomic E-state index is 14.3. The second kappa shape index (κ2) is 5.57. The van der Waals surface area contributed by atoms with Crippen molar-refractivity contribution in [1.29, 1.82) is 0 Å². The van der Waals surface area contributed by atoms with Gasteiger partial charge in [-0.1, -0.05) is 54.1 Å². The van der Waals surface area contributed by atoms with E-state index in [-0.39, 0.29) is 11.1 Å². The molecule has 1 unspecified atom stereocenters. The molecule has 2 aromatic rings. The molecule has 1 atom stereocenters. The Bertz CT molecular complexity index is 602. The van der Waals surface area contributed by atoms with Crippen LogP contribution in [0.25, 0.3) is 0 Å². The second-order valence-corrected chi connectivity index (χ2v) is 4.34. The van der Waals surface area contributed by atoms with E-state index in [9.17, 15) is 14.0 Å². The van der Waals surface area contributed by atoms with E-state index in [0.717, 1.165) is 5.56 Å². The summed E-state index contributed by atoms with van der Waals surface area (Å²) in [5, 5.41) is 0. The van der Waals surface area contributed by atoms with Gasteiger partial charge in [0.15, 0.2) is 6.17 Å². The predicted octanol–water partition coefficient (Wildman–Crippen LogP) is 3.70. The Labute approximate surface area is 110 Å². The minimum absolute atomic E-state index is 0.114. The van der Waals surface area contributed by atoms with Crippen molar-refractivity contribution in [1.82, 2.24) is 0 Å². The topological polar surface area (TPSA) is 34.1 Å². The number of carbonyl (C=O) groups excluding carboxylic acids is 2. The van der Waals surface area contributed by atoms with Gasteiger partial charge in [0.25, 0.3) is 0 Å². The largest absolute Gasteiger partial charge is 0.298 e. The summed E-state index contributed by atoms with van der Waals surface area (Å²) in [4.78, 5) is 22.9. The monoisotopic (exact) mass is 256 g/mol. The highest BCUT2D eigenvalue weighted by Crippen LogP contribution is 2.25. The summed E-state index contributed by atoms with van der Waals surface area (Å²) in [5.74, 6) is -0.630. The van der Waals surface area contributed by atoms with Crippen LogP contribution in [0.3, 0.4) is 0 Å². The molecule has 0 radical (unpaired) electrons. The number of benzene rings is 2. The molecule has 0 aliphatic rings. The van der Waals surface area contributed by atoms with Crippen LogP contribution < -0.4 is 0 Å². The molecule has 0 spiro atoms. The summed E-state index contributed by atoms with van der Waals surface area (Å²) in [6.07, 6.45) is -1.26. The van der Waals surface area contributed by atoms with Crippen LogP contribution in [-0.2, 0) is 0 Å². The van der Waals surface area contributed by atoms with Gasteiger partial charge in [-0.3, -0.25) is 9.59 Å². The fourth-order valence-electron chi connectivity index (χ4n) is 1.85. The molecule has 0 aliphatic heterocycles. The van der Waals surface area contributed by atoms with E-state index in [0.29, 0.717) is 11.8 Å². The highest BCUT2D eigenvalue weighted by Gasteiger charge is 2.23. The quantitative estimate of drug-likeness (QED) is 0.617. The molecule has 0 saturated heterocycles. The van der Waals surface area contributed by atoms with Crippen LogP contribution in [0, 0.1) is 6.92 Å². The number of hydrogen-bond donors (Lipinski definition) is 0. The number of carbonyl (C=O) groups is 2. The third-order valence-corrected chi connectivity index (χ3v) is 2.96. The summed E-state index contributed by atoms with van der Waals surface area (Å²) in [5.41, 5.74) is 1.62. The SMILES string of the molecule is Cc1ccc(C(=O)C(F)c2ccccc2C=O)cc1. The lowest BCUT2D eigenvalue weighted by Crippen LogP contribution is -2.10. The maximum Gasteiger partial charge on any atom is 0.201 e. The molecule has 0 heterocycles. The van der Waals surface area contributed by atoms with E-state index in [2.05, 4.69) is 0 Å². The van der Waals surface area contributed by atoms with Crippen molar-refractivity contribution in [3.63, 3.8) is 0 Å². The first-order valence-corrected chi connectivity index (χ1v) is 5.92. The van der Waals surface area contributed by atoms with Crippen LogP contribution in [0.15, 0.2) is 48.5 Å². The van der Waals surface area contributed by atoms with Crippen molar-refractivity contribution in [3.8, 4) is 0 Å². The van der Waals surface area contributed by atoms with E-state index < -0.39 is 12.0 Å². The van der Waals surface area contributed by atoms with Crippen LogP contribution in [0.4, 0.5) is 4.39 Å². The van der Waals surface area contributed by atoms with Gasteiger partial charge in [0.1, 0.15) is 6.29 Å². The Kier molecular flexibility index (Phi) is 3.85. The van der Waals surface area contributed by atoms with Crippen LogP contribution in [0.5, 0.6) is 0 Å². The van der Waals surface area contributed by atoms with Gasteiger partial charge in [-0.15, -0.1) is 0 Å². The lowest BCUT2D eigenvalue weighted by molar-refractivity contribution is 0.0877. The standard InChI is InChI=1S/C16H13FO2/c1-11-6-8-12(9-7-11)16(19)15(17)14-5-3-2-4-13(14)10-18/h2-10,15H,1H3. The van der Waals surface area contributed by atoms with Crippen molar-refractivity contribution >= 4 is 12.1 Å². The zero-order valence-corrected chi connectivity index (χ0v) is 10.5. The van der Waals surface area contributed by atoms with Gasteiger partial charge in [-0.2, -0.15) is 0 Å². The first kappa shape index (κ1) is 13.1. The Balaban J connectivity index is 2.33. The molecule has 0 fully saturated rings. The molecule has 3 heteroatoms. The van der Waals surface area contributed by atoms with Crippen LogP contribution in [-0.4, -0.2) is 12.1 Å². The van der Waals surface area contributed by atoms with E-state index in [1.165, 1.54) is 12.1 Å². The zero-order chi connectivity index (χ0) is 13.8. The minimum Gasteiger partial charge on any atom is -0.298 e. The lowest BCUT2D eigenvalue weighted by Gasteiger charge is -2.10. The first-order chi connectivity index (χ1) is 9.13. The fraction of sp³-hybridized carbons (Fsp3) is 0.125. The molecular weight excluding hydrogens is 243 g/mol. The third kappa shape index (κ3) is 2.76. The zero-order valence-electron chi connectivity index (χ0n) is 10.5. The van der Waals surface area contributed by atoms with Gasteiger partial charge in [0.05, 0.1) is 0 Å². The van der Waals surface area contributed by atoms with Crippen LogP contribution in [0.1, 0.15) is 38.0 Å². The number of hydrogen-bond acceptors (Lipinski definition) is 2. The summed E-state index contributed by atoms with van der Waals surface area (Å²) in [6.45, 7) is 1.89. The number of Topliss-reactive ketones (excluding diaryl/α,β-unsaturated/α-hetero) is 1. The molecule has 0 aromatic heterocycles. The highest BCUT2D eigenvalue weighted by atomic mass is 19.1. The predicted molar refractivity (Wildman–Crippen MR) is 71.2 cm³/mol. The van der Waals surface area contributed by atoms with Crippen molar-refractivity contribution in [2.75, 3.05) is 0 Å².